The minimum atomic E-state index is -0.397. The number of hydrogen-bond donors (Lipinski definition) is 1. The van der Waals surface area contributed by atoms with Crippen LogP contribution < -0.4 is 10.8 Å². The van der Waals surface area contributed by atoms with Crippen LogP contribution in [-0.4, -0.2) is 41.6 Å². The van der Waals surface area contributed by atoms with E-state index in [0.29, 0.717) is 18.7 Å². The fourth-order valence-electron chi connectivity index (χ4n) is 6.14. The Morgan fingerprint density at radius 2 is 1.68 bits per heavy atom. The Hall–Kier alpha value is -2.65. The highest BCUT2D eigenvalue weighted by Crippen LogP contribution is 2.46. The van der Waals surface area contributed by atoms with Crippen molar-refractivity contribution in [2.24, 2.45) is 0 Å². The number of thioether (sulfide) groups is 1. The molecule has 0 spiro atoms. The quantitative estimate of drug-likeness (QED) is 0.317. The molecule has 1 saturated heterocycles. The molecule has 2 aliphatic heterocycles. The third kappa shape index (κ3) is 5.60. The van der Waals surface area contributed by atoms with Gasteiger partial charge in [-0.05, 0) is 72.1 Å². The van der Waals surface area contributed by atoms with Crippen molar-refractivity contribution in [2.45, 2.75) is 82.6 Å². The van der Waals surface area contributed by atoms with E-state index in [-0.39, 0.29) is 17.1 Å². The Bertz CT molecular complexity index is 1320. The van der Waals surface area contributed by atoms with Gasteiger partial charge >= 0.3 is 7.12 Å². The van der Waals surface area contributed by atoms with Gasteiger partial charge < -0.3 is 19.4 Å². The van der Waals surface area contributed by atoms with Gasteiger partial charge in [-0.15, -0.1) is 11.8 Å². The maximum atomic E-state index is 12.9. The maximum absolute atomic E-state index is 12.9. The van der Waals surface area contributed by atoms with Crippen molar-refractivity contribution in [2.75, 3.05) is 12.4 Å². The first-order valence-electron chi connectivity index (χ1n) is 14.5. The molecule has 1 aromatic heterocycles. The molecule has 1 fully saturated rings. The van der Waals surface area contributed by atoms with Crippen molar-refractivity contribution in [1.29, 1.82) is 0 Å². The number of amides is 1. The van der Waals surface area contributed by atoms with E-state index in [2.05, 4.69) is 62.3 Å². The highest BCUT2D eigenvalue weighted by molar-refractivity contribution is 7.99. The van der Waals surface area contributed by atoms with Gasteiger partial charge in [0.1, 0.15) is 0 Å². The number of benzene rings is 2. The van der Waals surface area contributed by atoms with Gasteiger partial charge in [-0.3, -0.25) is 9.78 Å². The Morgan fingerprint density at radius 3 is 2.40 bits per heavy atom. The van der Waals surface area contributed by atoms with Crippen LogP contribution in [0.25, 0.3) is 11.1 Å². The second kappa shape index (κ2) is 12.5. The van der Waals surface area contributed by atoms with Gasteiger partial charge in [-0.2, -0.15) is 0 Å². The van der Waals surface area contributed by atoms with E-state index in [4.69, 9.17) is 14.0 Å². The number of hydrogen-bond acceptors (Lipinski definition) is 6. The molecular weight excluding hydrogens is 519 g/mol. The van der Waals surface area contributed by atoms with Crippen LogP contribution in [0.4, 0.5) is 0 Å². The molecule has 2 aromatic carbocycles. The van der Waals surface area contributed by atoms with Crippen molar-refractivity contribution < 1.29 is 18.8 Å². The van der Waals surface area contributed by atoms with Crippen molar-refractivity contribution in [1.82, 2.24) is 10.3 Å². The predicted molar refractivity (Wildman–Crippen MR) is 162 cm³/mol. The summed E-state index contributed by atoms with van der Waals surface area (Å²) in [6, 6.07) is 18.2. The number of pyridine rings is 1. The van der Waals surface area contributed by atoms with Crippen LogP contribution in [-0.2, 0) is 27.2 Å². The Morgan fingerprint density at radius 1 is 0.950 bits per heavy atom. The lowest BCUT2D eigenvalue weighted by Gasteiger charge is -2.42. The number of rotatable bonds is 9. The Kier molecular flexibility index (Phi) is 9.00. The molecule has 1 N–H and O–H groups in total. The number of fused-ring (bicyclic) bond motifs is 1. The number of ether oxygens (including phenoxy) is 1. The van der Waals surface area contributed by atoms with Crippen LogP contribution in [0.5, 0.6) is 0 Å². The fourth-order valence-corrected chi connectivity index (χ4v) is 7.08. The van der Waals surface area contributed by atoms with Gasteiger partial charge in [0.25, 0.3) is 5.91 Å². The molecule has 5 rings (SSSR count). The third-order valence-electron chi connectivity index (χ3n) is 8.59. The average molecular weight is 559 g/mol. The molecule has 210 valence electrons. The van der Waals surface area contributed by atoms with Gasteiger partial charge in [0.05, 0.1) is 36.7 Å². The first-order chi connectivity index (χ1) is 19.5. The SMILES string of the molecule is CCC1(CC)OB(c2cccc(-c3ccnc(CNC(=O)c4ccc5c(c4)SCCOC5)c3)c2)OC1(CC)CC. The Labute approximate surface area is 242 Å². The van der Waals surface area contributed by atoms with Gasteiger partial charge in [0, 0.05) is 22.4 Å². The number of nitrogens with one attached hydrogen (secondary N) is 1. The van der Waals surface area contributed by atoms with Gasteiger partial charge in [0.2, 0.25) is 0 Å². The van der Waals surface area contributed by atoms with Crippen LogP contribution in [0.3, 0.4) is 0 Å². The van der Waals surface area contributed by atoms with Gasteiger partial charge in [0.15, 0.2) is 0 Å². The standard InChI is InChI=1S/C32H39BN2O4S/c1-5-31(6-2)32(7-3,8-4)39-33(38-31)27-11-9-10-23(18-27)24-14-15-34-28(19-24)21-35-30(36)25-12-13-26-22-37-16-17-40-29(26)20-25/h9-15,18-20H,5-8,16-17,21-22H2,1-4H3,(H,35,36). The molecule has 0 aliphatic carbocycles. The molecule has 40 heavy (non-hydrogen) atoms. The van der Waals surface area contributed by atoms with E-state index in [9.17, 15) is 4.79 Å². The molecule has 0 unspecified atom stereocenters. The number of nitrogens with zero attached hydrogens (tertiary/aromatic N) is 1. The monoisotopic (exact) mass is 558 g/mol. The zero-order valence-electron chi connectivity index (χ0n) is 24.0. The molecule has 8 heteroatoms. The topological polar surface area (TPSA) is 69.7 Å². The fraction of sp³-hybridized carbons (Fsp3) is 0.438. The molecule has 0 saturated carbocycles. The lowest BCUT2D eigenvalue weighted by atomic mass is 9.75. The summed E-state index contributed by atoms with van der Waals surface area (Å²) in [6.07, 6.45) is 5.46. The highest BCUT2D eigenvalue weighted by atomic mass is 32.2. The van der Waals surface area contributed by atoms with Crippen LogP contribution in [0.15, 0.2) is 65.7 Å². The summed E-state index contributed by atoms with van der Waals surface area (Å²) in [5, 5.41) is 3.03. The number of carbonyl (C=O) groups is 1. The summed E-state index contributed by atoms with van der Waals surface area (Å²) in [7, 11) is -0.397. The zero-order valence-corrected chi connectivity index (χ0v) is 24.8. The van der Waals surface area contributed by atoms with E-state index in [1.54, 1.807) is 18.0 Å². The summed E-state index contributed by atoms with van der Waals surface area (Å²) in [5.41, 5.74) is 5.13. The van der Waals surface area contributed by atoms with Crippen LogP contribution >= 0.6 is 11.8 Å². The molecule has 1 amide bonds. The predicted octanol–water partition coefficient (Wildman–Crippen LogP) is 6.16. The first-order valence-corrected chi connectivity index (χ1v) is 15.5. The molecule has 3 heterocycles. The van der Waals surface area contributed by atoms with Crippen molar-refractivity contribution in [3.63, 3.8) is 0 Å². The van der Waals surface area contributed by atoms with E-state index in [0.717, 1.165) is 70.8 Å². The van der Waals surface area contributed by atoms with Crippen molar-refractivity contribution in [3.05, 3.63) is 77.6 Å². The normalized spacial score (nSPS) is 17.8. The van der Waals surface area contributed by atoms with Crippen LogP contribution in [0.2, 0.25) is 0 Å². The lowest BCUT2D eigenvalue weighted by Crippen LogP contribution is -2.50. The van der Waals surface area contributed by atoms with Crippen LogP contribution in [0, 0.1) is 0 Å². The smallest absolute Gasteiger partial charge is 0.399 e. The number of aromatic nitrogens is 1. The average Bonchev–Trinajstić information content (AvgIpc) is 3.17. The minimum absolute atomic E-state index is 0.107. The third-order valence-corrected chi connectivity index (χ3v) is 9.65. The van der Waals surface area contributed by atoms with Crippen molar-refractivity contribution in [3.8, 4) is 11.1 Å². The molecule has 0 radical (unpaired) electrons. The van der Waals surface area contributed by atoms with E-state index in [1.165, 1.54) is 0 Å². The molecule has 6 nitrogen and oxygen atoms in total. The summed E-state index contributed by atoms with van der Waals surface area (Å²) in [4.78, 5) is 18.6. The zero-order chi connectivity index (χ0) is 28.2. The summed E-state index contributed by atoms with van der Waals surface area (Å²) in [5.74, 6) is 0.787. The summed E-state index contributed by atoms with van der Waals surface area (Å²) >= 11 is 1.73. The summed E-state index contributed by atoms with van der Waals surface area (Å²) < 4.78 is 19.0. The largest absolute Gasteiger partial charge is 0.494 e. The molecule has 2 aliphatic rings. The van der Waals surface area contributed by atoms with Gasteiger partial charge in [-0.1, -0.05) is 58.0 Å². The maximum Gasteiger partial charge on any atom is 0.494 e. The number of carbonyl (C=O) groups excluding carboxylic acids is 1. The summed E-state index contributed by atoms with van der Waals surface area (Å²) in [6.45, 7) is 10.5. The molecule has 0 bridgehead atoms. The van der Waals surface area contributed by atoms with E-state index >= 15 is 0 Å². The highest BCUT2D eigenvalue weighted by Gasteiger charge is 2.58. The van der Waals surface area contributed by atoms with Gasteiger partial charge in [-0.25, -0.2) is 0 Å². The second-order valence-electron chi connectivity index (χ2n) is 10.5. The Balaban J connectivity index is 1.30. The minimum Gasteiger partial charge on any atom is -0.399 e. The van der Waals surface area contributed by atoms with E-state index in [1.807, 2.05) is 30.3 Å². The van der Waals surface area contributed by atoms with Crippen LogP contribution in [0.1, 0.15) is 75.0 Å². The first kappa shape index (κ1) is 28.9. The lowest BCUT2D eigenvalue weighted by molar-refractivity contribution is -0.0601. The molecular formula is C32H39BN2O4S. The molecule has 0 atom stereocenters. The van der Waals surface area contributed by atoms with Crippen molar-refractivity contribution >= 4 is 30.3 Å². The molecule has 3 aromatic rings. The van der Waals surface area contributed by atoms with E-state index < -0.39 is 7.12 Å². The second-order valence-corrected chi connectivity index (χ2v) is 11.7.